The Bertz CT molecular complexity index is 607. The van der Waals surface area contributed by atoms with Crippen LogP contribution < -0.4 is 4.74 Å². The number of methoxy groups -OCH3 is 1. The second-order valence-corrected chi connectivity index (χ2v) is 6.62. The standard InChI is InChI=1S/C19H27N3O3/c1-24-19-4-2-15(3-5-19)13-25-14-18(23)12-22-8-6-16(7-9-22)17-10-20-21-11-17/h2-5,10-11,16,18,23H,6-9,12-14H2,1H3,(H,20,21). The fraction of sp³-hybridized carbons (Fsp3) is 0.526. The van der Waals surface area contributed by atoms with Gasteiger partial charge < -0.3 is 19.5 Å². The zero-order valence-electron chi connectivity index (χ0n) is 14.7. The first-order chi connectivity index (χ1) is 12.2. The van der Waals surface area contributed by atoms with E-state index in [1.54, 1.807) is 7.11 Å². The van der Waals surface area contributed by atoms with Crippen molar-refractivity contribution in [1.82, 2.24) is 15.1 Å². The largest absolute Gasteiger partial charge is 0.497 e. The first kappa shape index (κ1) is 17.9. The number of nitrogens with zero attached hydrogens (tertiary/aromatic N) is 2. The SMILES string of the molecule is COc1ccc(COCC(O)CN2CCC(c3cn[nH]c3)CC2)cc1. The number of aliphatic hydroxyl groups excluding tert-OH is 1. The van der Waals surface area contributed by atoms with Crippen LogP contribution in [0.5, 0.6) is 5.75 Å². The van der Waals surface area contributed by atoms with Crippen molar-refractivity contribution in [3.8, 4) is 5.75 Å². The van der Waals surface area contributed by atoms with Crippen LogP contribution in [0, 0.1) is 0 Å². The summed E-state index contributed by atoms with van der Waals surface area (Å²) in [4.78, 5) is 2.32. The Morgan fingerprint density at radius 1 is 1.28 bits per heavy atom. The lowest BCUT2D eigenvalue weighted by molar-refractivity contribution is 0.00621. The molecule has 1 aliphatic heterocycles. The van der Waals surface area contributed by atoms with E-state index in [-0.39, 0.29) is 0 Å². The van der Waals surface area contributed by atoms with Crippen LogP contribution >= 0.6 is 0 Å². The van der Waals surface area contributed by atoms with E-state index in [2.05, 4.69) is 15.1 Å². The summed E-state index contributed by atoms with van der Waals surface area (Å²) < 4.78 is 10.8. The highest BCUT2D eigenvalue weighted by Gasteiger charge is 2.22. The summed E-state index contributed by atoms with van der Waals surface area (Å²) in [5.74, 6) is 1.42. The Morgan fingerprint density at radius 3 is 2.68 bits per heavy atom. The Hall–Kier alpha value is -1.89. The molecule has 136 valence electrons. The Balaban J connectivity index is 1.33. The fourth-order valence-corrected chi connectivity index (χ4v) is 3.32. The summed E-state index contributed by atoms with van der Waals surface area (Å²) >= 11 is 0. The molecule has 2 N–H and O–H groups in total. The summed E-state index contributed by atoms with van der Waals surface area (Å²) in [5.41, 5.74) is 2.37. The smallest absolute Gasteiger partial charge is 0.118 e. The van der Waals surface area contributed by atoms with Crippen LogP contribution in [0.3, 0.4) is 0 Å². The van der Waals surface area contributed by atoms with Crippen LogP contribution in [0.1, 0.15) is 29.9 Å². The maximum atomic E-state index is 10.2. The molecule has 1 aromatic heterocycles. The number of hydrogen-bond donors (Lipinski definition) is 2. The maximum absolute atomic E-state index is 10.2. The van der Waals surface area contributed by atoms with Crippen LogP contribution in [-0.2, 0) is 11.3 Å². The van der Waals surface area contributed by atoms with Gasteiger partial charge in [-0.1, -0.05) is 12.1 Å². The molecule has 0 amide bonds. The number of benzene rings is 1. The van der Waals surface area contributed by atoms with Crippen molar-refractivity contribution in [2.24, 2.45) is 0 Å². The first-order valence-electron chi connectivity index (χ1n) is 8.84. The molecule has 3 rings (SSSR count). The van der Waals surface area contributed by atoms with Crippen molar-refractivity contribution in [1.29, 1.82) is 0 Å². The third-order valence-electron chi connectivity index (χ3n) is 4.79. The Morgan fingerprint density at radius 2 is 2.04 bits per heavy atom. The summed E-state index contributed by atoms with van der Waals surface area (Å²) in [6, 6.07) is 7.79. The maximum Gasteiger partial charge on any atom is 0.118 e. The van der Waals surface area contributed by atoms with E-state index in [1.807, 2.05) is 36.7 Å². The van der Waals surface area contributed by atoms with Crippen LogP contribution in [-0.4, -0.2) is 59.7 Å². The van der Waals surface area contributed by atoms with Crippen molar-refractivity contribution < 1.29 is 14.6 Å². The van der Waals surface area contributed by atoms with Gasteiger partial charge in [-0.3, -0.25) is 5.10 Å². The second kappa shape index (κ2) is 8.99. The minimum atomic E-state index is -0.455. The monoisotopic (exact) mass is 345 g/mol. The van der Waals surface area contributed by atoms with Crippen molar-refractivity contribution in [3.63, 3.8) is 0 Å². The number of likely N-dealkylation sites (tertiary alicyclic amines) is 1. The average molecular weight is 345 g/mol. The highest BCUT2D eigenvalue weighted by atomic mass is 16.5. The molecule has 0 spiro atoms. The van der Waals surface area contributed by atoms with Crippen molar-refractivity contribution in [3.05, 3.63) is 47.8 Å². The van der Waals surface area contributed by atoms with Gasteiger partial charge in [0.1, 0.15) is 5.75 Å². The van der Waals surface area contributed by atoms with Crippen LogP contribution in [0.25, 0.3) is 0 Å². The van der Waals surface area contributed by atoms with Crippen molar-refractivity contribution in [2.45, 2.75) is 31.5 Å². The summed E-state index contributed by atoms with van der Waals surface area (Å²) in [6.45, 7) is 3.54. The third-order valence-corrected chi connectivity index (χ3v) is 4.79. The lowest BCUT2D eigenvalue weighted by atomic mass is 9.91. The van der Waals surface area contributed by atoms with E-state index in [0.717, 1.165) is 37.2 Å². The molecule has 0 bridgehead atoms. The molecule has 6 heteroatoms. The predicted molar refractivity (Wildman–Crippen MR) is 95.7 cm³/mol. The lowest BCUT2D eigenvalue weighted by Gasteiger charge is -2.32. The van der Waals surface area contributed by atoms with Gasteiger partial charge in [-0.2, -0.15) is 5.10 Å². The molecule has 1 aromatic carbocycles. The molecule has 0 saturated carbocycles. The molecule has 1 atom stereocenters. The molecule has 6 nitrogen and oxygen atoms in total. The molecule has 1 unspecified atom stereocenters. The molecular formula is C19H27N3O3. The zero-order valence-corrected chi connectivity index (χ0v) is 14.7. The Kier molecular flexibility index (Phi) is 6.44. The van der Waals surface area contributed by atoms with Gasteiger partial charge in [0.15, 0.2) is 0 Å². The van der Waals surface area contributed by atoms with Crippen LogP contribution in [0.15, 0.2) is 36.7 Å². The molecule has 1 saturated heterocycles. The number of hydrogen-bond acceptors (Lipinski definition) is 5. The van der Waals surface area contributed by atoms with Gasteiger partial charge in [0.2, 0.25) is 0 Å². The molecule has 25 heavy (non-hydrogen) atoms. The van der Waals surface area contributed by atoms with E-state index in [0.29, 0.717) is 25.7 Å². The van der Waals surface area contributed by atoms with Gasteiger partial charge in [-0.05, 0) is 55.1 Å². The average Bonchev–Trinajstić information content (AvgIpc) is 3.18. The molecule has 1 fully saturated rings. The normalized spacial score (nSPS) is 17.5. The van der Waals surface area contributed by atoms with Gasteiger partial charge >= 0.3 is 0 Å². The summed E-state index contributed by atoms with van der Waals surface area (Å²) in [5, 5.41) is 17.1. The van der Waals surface area contributed by atoms with E-state index in [9.17, 15) is 5.11 Å². The lowest BCUT2D eigenvalue weighted by Crippen LogP contribution is -2.39. The van der Waals surface area contributed by atoms with E-state index in [1.165, 1.54) is 5.56 Å². The molecule has 2 heterocycles. The summed E-state index contributed by atoms with van der Waals surface area (Å²) in [7, 11) is 1.65. The number of aromatic nitrogens is 2. The predicted octanol–water partition coefficient (Wildman–Crippen LogP) is 2.18. The van der Waals surface area contributed by atoms with E-state index in [4.69, 9.17) is 9.47 Å². The number of aromatic amines is 1. The summed E-state index contributed by atoms with van der Waals surface area (Å²) in [6.07, 6.45) is 5.67. The molecule has 0 radical (unpaired) electrons. The minimum Gasteiger partial charge on any atom is -0.497 e. The van der Waals surface area contributed by atoms with Crippen LogP contribution in [0.2, 0.25) is 0 Å². The Labute approximate surface area is 148 Å². The number of ether oxygens (including phenoxy) is 2. The number of nitrogens with one attached hydrogen (secondary N) is 1. The molecular weight excluding hydrogens is 318 g/mol. The highest BCUT2D eigenvalue weighted by Crippen LogP contribution is 2.27. The van der Waals surface area contributed by atoms with Gasteiger partial charge in [0, 0.05) is 12.7 Å². The third kappa shape index (κ3) is 5.29. The number of H-pyrrole nitrogens is 1. The zero-order chi connectivity index (χ0) is 17.5. The fourth-order valence-electron chi connectivity index (χ4n) is 3.32. The molecule has 2 aromatic rings. The molecule has 0 aliphatic carbocycles. The minimum absolute atomic E-state index is 0.355. The number of aliphatic hydroxyl groups is 1. The molecule has 1 aliphatic rings. The second-order valence-electron chi connectivity index (χ2n) is 6.62. The van der Waals surface area contributed by atoms with Crippen LogP contribution in [0.4, 0.5) is 0 Å². The van der Waals surface area contributed by atoms with Gasteiger partial charge in [0.25, 0.3) is 0 Å². The van der Waals surface area contributed by atoms with Gasteiger partial charge in [-0.25, -0.2) is 0 Å². The number of piperidine rings is 1. The number of rotatable bonds is 8. The quantitative estimate of drug-likeness (QED) is 0.767. The van der Waals surface area contributed by atoms with Gasteiger partial charge in [-0.15, -0.1) is 0 Å². The van der Waals surface area contributed by atoms with E-state index >= 15 is 0 Å². The topological polar surface area (TPSA) is 70.6 Å². The van der Waals surface area contributed by atoms with Crippen molar-refractivity contribution >= 4 is 0 Å². The highest BCUT2D eigenvalue weighted by molar-refractivity contribution is 5.26. The van der Waals surface area contributed by atoms with Crippen molar-refractivity contribution in [2.75, 3.05) is 33.4 Å². The first-order valence-corrected chi connectivity index (χ1v) is 8.84. The number of β-amino-alcohol motifs (C(OH)–C–C–N with tert-alkyl or cyclic N) is 1. The van der Waals surface area contributed by atoms with Gasteiger partial charge in [0.05, 0.1) is 32.6 Å². The van der Waals surface area contributed by atoms with E-state index < -0.39 is 6.10 Å².